The van der Waals surface area contributed by atoms with Crippen molar-refractivity contribution in [3.05, 3.63) is 0 Å². The summed E-state index contributed by atoms with van der Waals surface area (Å²) in [6.45, 7) is 2.77. The van der Waals surface area contributed by atoms with Crippen molar-refractivity contribution in [2.24, 2.45) is 0 Å². The molecule has 0 aromatic rings. The zero-order valence-electron chi connectivity index (χ0n) is 6.74. The van der Waals surface area contributed by atoms with E-state index in [4.69, 9.17) is 9.63 Å². The van der Waals surface area contributed by atoms with E-state index in [1.54, 1.807) is 0 Å². The third-order valence-corrected chi connectivity index (χ3v) is 1.88. The van der Waals surface area contributed by atoms with E-state index in [9.17, 15) is 10.2 Å². The van der Waals surface area contributed by atoms with Crippen molar-refractivity contribution in [2.45, 2.75) is 18.6 Å². The van der Waals surface area contributed by atoms with Crippen molar-refractivity contribution in [1.82, 2.24) is 0 Å². The summed E-state index contributed by atoms with van der Waals surface area (Å²) in [6, 6.07) is 0. The van der Waals surface area contributed by atoms with Crippen LogP contribution in [0.5, 0.6) is 0 Å². The van der Waals surface area contributed by atoms with Gasteiger partial charge in [-0.15, -0.1) is 0 Å². The van der Waals surface area contributed by atoms with Gasteiger partial charge in [0, 0.05) is 8.81 Å². The predicted molar refractivity (Wildman–Crippen MR) is 43.9 cm³/mol. The molecule has 0 aliphatic carbocycles. The molecule has 0 aliphatic rings. The zero-order chi connectivity index (χ0) is 8.91. The Morgan fingerprint density at radius 2 is 2.18 bits per heavy atom. The Hall–Kier alpha value is 0.270. The summed E-state index contributed by atoms with van der Waals surface area (Å²) in [4.78, 5) is 0. The summed E-state index contributed by atoms with van der Waals surface area (Å²) < 4.78 is 4.89. The Morgan fingerprint density at radius 3 is 2.55 bits per heavy atom. The van der Waals surface area contributed by atoms with Crippen LogP contribution < -0.4 is 0 Å². The van der Waals surface area contributed by atoms with Crippen molar-refractivity contribution >= 4 is 8.81 Å². The van der Waals surface area contributed by atoms with E-state index in [-0.39, 0.29) is 15.4 Å². The van der Waals surface area contributed by atoms with Crippen LogP contribution in [0.3, 0.4) is 0 Å². The van der Waals surface area contributed by atoms with E-state index in [0.717, 1.165) is 0 Å². The van der Waals surface area contributed by atoms with Crippen LogP contribution >= 0.6 is 8.81 Å². The zero-order valence-corrected chi connectivity index (χ0v) is 7.74. The number of hydrogen-bond donors (Lipinski definition) is 3. The summed E-state index contributed by atoms with van der Waals surface area (Å²) in [5.41, 5.74) is -1.46. The molecule has 3 N–H and O–H groups in total. The minimum absolute atomic E-state index is 0.0580. The lowest BCUT2D eigenvalue weighted by Gasteiger charge is -2.26. The molecular formula is C6H15O4P. The highest BCUT2D eigenvalue weighted by Crippen LogP contribution is 2.13. The highest BCUT2D eigenvalue weighted by molar-refractivity contribution is 7.31. The molecule has 0 aliphatic heterocycles. The van der Waals surface area contributed by atoms with Gasteiger partial charge < -0.3 is 19.8 Å². The quantitative estimate of drug-likeness (QED) is 0.493. The van der Waals surface area contributed by atoms with Gasteiger partial charge in [-0.2, -0.15) is 0 Å². The third kappa shape index (κ3) is 3.99. The minimum atomic E-state index is -1.46. The van der Waals surface area contributed by atoms with Gasteiger partial charge in [0.05, 0.1) is 13.2 Å². The molecule has 0 saturated carbocycles. The molecule has 0 aromatic heterocycles. The number of aliphatic hydroxyl groups excluding tert-OH is 2. The van der Waals surface area contributed by atoms with Gasteiger partial charge >= 0.3 is 0 Å². The molecule has 0 rings (SSSR count). The summed E-state index contributed by atoms with van der Waals surface area (Å²) in [6.07, 6.45) is -1.03. The lowest BCUT2D eigenvalue weighted by atomic mass is 10.0. The monoisotopic (exact) mass is 182 g/mol. The van der Waals surface area contributed by atoms with Gasteiger partial charge in [0.15, 0.2) is 0 Å². The average Bonchev–Trinajstić information content (AvgIpc) is 2.00. The second-order valence-corrected chi connectivity index (χ2v) is 3.24. The van der Waals surface area contributed by atoms with Crippen LogP contribution in [0.2, 0.25) is 0 Å². The molecule has 0 radical (unpaired) electrons. The minimum Gasteiger partial charge on any atom is -0.393 e. The van der Waals surface area contributed by atoms with Gasteiger partial charge in [0.25, 0.3) is 0 Å². The second-order valence-electron chi connectivity index (χ2n) is 2.55. The van der Waals surface area contributed by atoms with Gasteiger partial charge in [0.1, 0.15) is 11.7 Å². The molecule has 0 bridgehead atoms. The normalized spacial score (nSPS) is 20.5. The van der Waals surface area contributed by atoms with Crippen molar-refractivity contribution in [2.75, 3.05) is 19.9 Å². The highest BCUT2D eigenvalue weighted by atomic mass is 31.1. The van der Waals surface area contributed by atoms with Gasteiger partial charge in [-0.3, -0.25) is 0 Å². The molecule has 5 heteroatoms. The van der Waals surface area contributed by atoms with Gasteiger partial charge in [-0.1, -0.05) is 0 Å². The lowest BCUT2D eigenvalue weighted by molar-refractivity contribution is -0.104. The Bertz CT molecular complexity index is 107. The molecule has 0 spiro atoms. The van der Waals surface area contributed by atoms with Crippen LogP contribution in [-0.2, 0) is 4.52 Å². The van der Waals surface area contributed by atoms with Gasteiger partial charge in [-0.05, 0) is 13.6 Å². The first kappa shape index (κ1) is 11.3. The van der Waals surface area contributed by atoms with Crippen LogP contribution in [-0.4, -0.2) is 46.9 Å². The van der Waals surface area contributed by atoms with Crippen molar-refractivity contribution < 1.29 is 19.8 Å². The first-order valence-corrected chi connectivity index (χ1v) is 4.75. The summed E-state index contributed by atoms with van der Waals surface area (Å²) in [5, 5.41) is 27.0. The molecule has 0 amide bonds. The van der Waals surface area contributed by atoms with Crippen molar-refractivity contribution in [3.63, 3.8) is 0 Å². The molecule has 0 heterocycles. The largest absolute Gasteiger partial charge is 0.393 e. The maximum atomic E-state index is 9.24. The average molecular weight is 182 g/mol. The SMILES string of the molecule is CPOC[C@@H](O)[C@@](C)(O)CO. The van der Waals surface area contributed by atoms with Crippen LogP contribution in [0.15, 0.2) is 0 Å². The molecule has 4 nitrogen and oxygen atoms in total. The lowest BCUT2D eigenvalue weighted by Crippen LogP contribution is -2.44. The van der Waals surface area contributed by atoms with E-state index >= 15 is 0 Å². The van der Waals surface area contributed by atoms with Gasteiger partial charge in [0.2, 0.25) is 0 Å². The van der Waals surface area contributed by atoms with E-state index in [1.807, 2.05) is 6.66 Å². The smallest absolute Gasteiger partial charge is 0.113 e. The number of rotatable bonds is 5. The fourth-order valence-corrected chi connectivity index (χ4v) is 0.772. The predicted octanol–water partition coefficient (Wildman–Crippen LogP) is -0.670. The Labute approximate surface area is 68.1 Å². The van der Waals surface area contributed by atoms with Crippen molar-refractivity contribution in [1.29, 1.82) is 0 Å². The fraction of sp³-hybridized carbons (Fsp3) is 1.00. The Kier molecular flexibility index (Phi) is 5.13. The standard InChI is InChI=1S/C6H15O4P/c1-6(9,4-7)5(8)3-10-11-2/h5,7-9,11H,3-4H2,1-2H3/t5-,6+/m1/s1. The first-order valence-electron chi connectivity index (χ1n) is 3.34. The summed E-state index contributed by atoms with van der Waals surface area (Å²) in [5.74, 6) is 0. The first-order chi connectivity index (χ1) is 5.04. The van der Waals surface area contributed by atoms with Crippen LogP contribution in [0.4, 0.5) is 0 Å². The maximum Gasteiger partial charge on any atom is 0.113 e. The van der Waals surface area contributed by atoms with E-state index in [1.165, 1.54) is 6.92 Å². The number of hydrogen-bond acceptors (Lipinski definition) is 4. The maximum absolute atomic E-state index is 9.24. The molecular weight excluding hydrogens is 167 g/mol. The second kappa shape index (κ2) is 5.01. The molecule has 3 atom stereocenters. The molecule has 0 aromatic carbocycles. The molecule has 11 heavy (non-hydrogen) atoms. The molecule has 0 fully saturated rings. The molecule has 1 unspecified atom stereocenters. The fourth-order valence-electron chi connectivity index (χ4n) is 0.447. The summed E-state index contributed by atoms with van der Waals surface area (Å²) in [7, 11) is 0.278. The molecule has 0 saturated heterocycles. The third-order valence-electron chi connectivity index (χ3n) is 1.42. The van der Waals surface area contributed by atoms with E-state index in [0.29, 0.717) is 0 Å². The number of aliphatic hydroxyl groups is 3. The van der Waals surface area contributed by atoms with Crippen molar-refractivity contribution in [3.8, 4) is 0 Å². The Morgan fingerprint density at radius 1 is 1.64 bits per heavy atom. The topological polar surface area (TPSA) is 69.9 Å². The van der Waals surface area contributed by atoms with Crippen LogP contribution in [0, 0.1) is 0 Å². The van der Waals surface area contributed by atoms with Gasteiger partial charge in [-0.25, -0.2) is 0 Å². The van der Waals surface area contributed by atoms with Crippen LogP contribution in [0.1, 0.15) is 6.92 Å². The highest BCUT2D eigenvalue weighted by Gasteiger charge is 2.29. The summed E-state index contributed by atoms with van der Waals surface area (Å²) >= 11 is 0. The van der Waals surface area contributed by atoms with E-state index in [2.05, 4.69) is 0 Å². The van der Waals surface area contributed by atoms with Crippen LogP contribution in [0.25, 0.3) is 0 Å². The molecule has 68 valence electrons. The van der Waals surface area contributed by atoms with E-state index < -0.39 is 18.3 Å². The Balaban J connectivity index is 3.71.